The number of hydrogen-bond donors (Lipinski definition) is 1. The first-order valence-electron chi connectivity index (χ1n) is 7.16. The molecule has 0 aliphatic carbocycles. The smallest absolute Gasteiger partial charge is 0.339 e. The van der Waals surface area contributed by atoms with Gasteiger partial charge in [0.1, 0.15) is 12.0 Å². The quantitative estimate of drug-likeness (QED) is 0.682. The molecule has 24 heavy (non-hydrogen) atoms. The number of nitrogens with zero attached hydrogens (tertiary/aromatic N) is 1. The fraction of sp³-hybridized carbons (Fsp3) is 0.176. The van der Waals surface area contributed by atoms with Gasteiger partial charge < -0.3 is 19.9 Å². The summed E-state index contributed by atoms with van der Waals surface area (Å²) in [6.07, 6.45) is -0.882. The van der Waals surface area contributed by atoms with Crippen molar-refractivity contribution >= 4 is 17.6 Å². The molecule has 1 heterocycles. The fourth-order valence-electron chi connectivity index (χ4n) is 2.79. The molecule has 1 aliphatic rings. The highest BCUT2D eigenvalue weighted by Crippen LogP contribution is 2.41. The Balaban J connectivity index is 2.06. The third-order valence-electron chi connectivity index (χ3n) is 3.95. The number of methoxy groups -OCH3 is 1. The van der Waals surface area contributed by atoms with Crippen LogP contribution in [0.4, 0.5) is 5.69 Å². The second-order valence-corrected chi connectivity index (χ2v) is 5.28. The summed E-state index contributed by atoms with van der Waals surface area (Å²) >= 11 is 0. The van der Waals surface area contributed by atoms with Crippen LogP contribution in [-0.4, -0.2) is 24.3 Å². The lowest BCUT2D eigenvalue weighted by atomic mass is 9.84. The highest BCUT2D eigenvalue weighted by Gasteiger charge is 2.41. The van der Waals surface area contributed by atoms with E-state index in [1.54, 1.807) is 24.3 Å². The molecule has 0 fully saturated rings. The lowest BCUT2D eigenvalue weighted by molar-refractivity contribution is -0.146. The first-order chi connectivity index (χ1) is 11.5. The van der Waals surface area contributed by atoms with Crippen molar-refractivity contribution in [3.05, 3.63) is 70.4 Å². The average Bonchev–Trinajstić information content (AvgIpc) is 2.61. The highest BCUT2D eigenvalue weighted by atomic mass is 16.8. The van der Waals surface area contributed by atoms with Crippen molar-refractivity contribution in [2.75, 3.05) is 12.3 Å². The number of carbonyl (C=O) groups is 2. The zero-order valence-corrected chi connectivity index (χ0v) is 12.7. The first kappa shape index (κ1) is 16.0. The Morgan fingerprint density at radius 1 is 1.21 bits per heavy atom. The molecular weight excluding hydrogens is 314 g/mol. The minimum absolute atomic E-state index is 0.0240. The molecule has 2 aromatic rings. The molecule has 0 amide bonds. The van der Waals surface area contributed by atoms with Crippen LogP contribution < -0.4 is 5.23 Å². The normalized spacial score (nSPS) is 19.2. The highest BCUT2D eigenvalue weighted by molar-refractivity contribution is 5.96. The Morgan fingerprint density at radius 3 is 2.50 bits per heavy atom. The molecule has 0 spiro atoms. The number of carbonyl (C=O) groups excluding carboxylic acids is 2. The topological polar surface area (TPSA) is 99.1 Å². The van der Waals surface area contributed by atoms with Crippen molar-refractivity contribution in [3.8, 4) is 0 Å². The van der Waals surface area contributed by atoms with Crippen LogP contribution in [0.2, 0.25) is 0 Å². The lowest BCUT2D eigenvalue weighted by Gasteiger charge is -2.31. The minimum Gasteiger partial charge on any atom is -0.733 e. The standard InChI is InChI=1S/C17H14NO6/c1-23-17(20)14-12-4-2-3-5-13(12)16(19)24-15(14)10-6-8-11(9-7-10)18(21)22/h2-9,14-15,21H,1H3/q-1/t14-,15-/m0/s1. The molecule has 7 heteroatoms. The summed E-state index contributed by atoms with van der Waals surface area (Å²) in [6.45, 7) is 0. The fourth-order valence-corrected chi connectivity index (χ4v) is 2.79. The summed E-state index contributed by atoms with van der Waals surface area (Å²) in [4.78, 5) is 24.5. The number of anilines is 1. The summed E-state index contributed by atoms with van der Waals surface area (Å²) in [7, 11) is 1.27. The number of fused-ring (bicyclic) bond motifs is 1. The van der Waals surface area contributed by atoms with E-state index in [0.29, 0.717) is 16.7 Å². The lowest BCUT2D eigenvalue weighted by Crippen LogP contribution is -2.31. The van der Waals surface area contributed by atoms with Crippen LogP contribution in [0.3, 0.4) is 0 Å². The van der Waals surface area contributed by atoms with Crippen LogP contribution in [0.5, 0.6) is 0 Å². The van der Waals surface area contributed by atoms with Gasteiger partial charge in [-0.15, -0.1) is 0 Å². The molecule has 0 aromatic heterocycles. The average molecular weight is 328 g/mol. The van der Waals surface area contributed by atoms with E-state index in [1.807, 2.05) is 0 Å². The molecule has 0 saturated heterocycles. The van der Waals surface area contributed by atoms with Gasteiger partial charge >= 0.3 is 11.9 Å². The third-order valence-corrected chi connectivity index (χ3v) is 3.95. The van der Waals surface area contributed by atoms with Gasteiger partial charge in [0.15, 0.2) is 0 Å². The molecule has 1 aliphatic heterocycles. The van der Waals surface area contributed by atoms with Gasteiger partial charge in [0.2, 0.25) is 0 Å². The summed E-state index contributed by atoms with van der Waals surface area (Å²) in [5, 5.41) is 19.5. The zero-order valence-electron chi connectivity index (χ0n) is 12.7. The Bertz CT molecular complexity index is 771. The molecule has 2 atom stereocenters. The van der Waals surface area contributed by atoms with Gasteiger partial charge in [-0.05, 0) is 29.3 Å². The van der Waals surface area contributed by atoms with Crippen molar-refractivity contribution in [2.24, 2.45) is 0 Å². The van der Waals surface area contributed by atoms with Crippen molar-refractivity contribution < 1.29 is 24.3 Å². The van der Waals surface area contributed by atoms with Gasteiger partial charge in [-0.1, -0.05) is 30.3 Å². The molecule has 0 radical (unpaired) electrons. The molecule has 124 valence electrons. The molecule has 1 N–H and O–H groups in total. The maximum atomic E-state index is 12.3. The van der Waals surface area contributed by atoms with Gasteiger partial charge in [0.25, 0.3) is 0 Å². The number of benzene rings is 2. The molecule has 0 bridgehead atoms. The molecule has 3 rings (SSSR count). The van der Waals surface area contributed by atoms with Crippen molar-refractivity contribution in [1.82, 2.24) is 0 Å². The van der Waals surface area contributed by atoms with Crippen molar-refractivity contribution in [1.29, 1.82) is 0 Å². The van der Waals surface area contributed by atoms with E-state index in [-0.39, 0.29) is 10.9 Å². The molecule has 0 saturated carbocycles. The second-order valence-electron chi connectivity index (χ2n) is 5.28. The number of esters is 2. The van der Waals surface area contributed by atoms with Crippen LogP contribution in [-0.2, 0) is 14.3 Å². The predicted octanol–water partition coefficient (Wildman–Crippen LogP) is 2.55. The number of ether oxygens (including phenoxy) is 2. The number of hydrogen-bond acceptors (Lipinski definition) is 7. The first-order valence-corrected chi connectivity index (χ1v) is 7.16. The summed E-state index contributed by atoms with van der Waals surface area (Å²) in [5.41, 5.74) is 1.39. The molecular formula is C17H14NO6-. The van der Waals surface area contributed by atoms with Gasteiger partial charge in [0.05, 0.1) is 18.4 Å². The monoisotopic (exact) mass is 328 g/mol. The Kier molecular flexibility index (Phi) is 4.20. The SMILES string of the molecule is COC(=O)[C@H]1c2ccccc2C(=O)O[C@H]1c1ccc(N([O-])O)cc1. The van der Waals surface area contributed by atoms with Crippen molar-refractivity contribution in [2.45, 2.75) is 12.0 Å². The van der Waals surface area contributed by atoms with Crippen LogP contribution in [0.15, 0.2) is 48.5 Å². The van der Waals surface area contributed by atoms with E-state index < -0.39 is 24.0 Å². The van der Waals surface area contributed by atoms with Crippen LogP contribution in [0.1, 0.15) is 33.5 Å². The van der Waals surface area contributed by atoms with E-state index in [4.69, 9.17) is 14.7 Å². The maximum Gasteiger partial charge on any atom is 0.339 e. The Hall–Kier alpha value is -2.90. The van der Waals surface area contributed by atoms with Crippen LogP contribution in [0.25, 0.3) is 0 Å². The Morgan fingerprint density at radius 2 is 1.88 bits per heavy atom. The maximum absolute atomic E-state index is 12.3. The number of rotatable bonds is 3. The van der Waals surface area contributed by atoms with Gasteiger partial charge in [0, 0.05) is 0 Å². The minimum atomic E-state index is -0.882. The van der Waals surface area contributed by atoms with Gasteiger partial charge in [-0.25, -0.2) is 4.79 Å². The van der Waals surface area contributed by atoms with E-state index in [1.165, 1.54) is 31.4 Å². The zero-order chi connectivity index (χ0) is 17.3. The van der Waals surface area contributed by atoms with Crippen molar-refractivity contribution in [3.63, 3.8) is 0 Å². The van der Waals surface area contributed by atoms with Gasteiger partial charge in [-0.2, -0.15) is 0 Å². The molecule has 7 nitrogen and oxygen atoms in total. The van der Waals surface area contributed by atoms with Crippen LogP contribution in [0, 0.1) is 5.21 Å². The summed E-state index contributed by atoms with van der Waals surface area (Å²) in [5.74, 6) is -1.88. The van der Waals surface area contributed by atoms with E-state index in [2.05, 4.69) is 0 Å². The van der Waals surface area contributed by atoms with E-state index in [9.17, 15) is 14.8 Å². The summed E-state index contributed by atoms with van der Waals surface area (Å²) < 4.78 is 10.3. The van der Waals surface area contributed by atoms with E-state index in [0.717, 1.165) is 0 Å². The van der Waals surface area contributed by atoms with Crippen LogP contribution >= 0.6 is 0 Å². The van der Waals surface area contributed by atoms with E-state index >= 15 is 0 Å². The Labute approximate surface area is 137 Å². The molecule has 0 unspecified atom stereocenters. The predicted molar refractivity (Wildman–Crippen MR) is 83.4 cm³/mol. The van der Waals surface area contributed by atoms with Gasteiger partial charge in [-0.3, -0.25) is 10.0 Å². The number of cyclic esters (lactones) is 1. The molecule has 2 aromatic carbocycles. The third kappa shape index (κ3) is 2.70. The second kappa shape index (κ2) is 6.31. The largest absolute Gasteiger partial charge is 0.733 e. The summed E-state index contributed by atoms with van der Waals surface area (Å²) in [6, 6.07) is 12.5.